The first-order valence-corrected chi connectivity index (χ1v) is 9.56. The molecule has 2 N–H and O–H groups in total. The molecular weight excluding hydrogens is 510 g/mol. The Morgan fingerprint density at radius 2 is 1.72 bits per heavy atom. The molecular formula is C19H15BrF6N4O2. The lowest BCUT2D eigenvalue weighted by atomic mass is 10.0. The van der Waals surface area contributed by atoms with Crippen molar-refractivity contribution in [2.45, 2.75) is 25.2 Å². The van der Waals surface area contributed by atoms with Gasteiger partial charge in [0.1, 0.15) is 11.5 Å². The number of carbonyl (C=O) groups is 1. The summed E-state index contributed by atoms with van der Waals surface area (Å²) in [5.41, 5.74) is 1.80. The highest BCUT2D eigenvalue weighted by Gasteiger charge is 2.36. The number of rotatable bonds is 6. The van der Waals surface area contributed by atoms with Crippen molar-refractivity contribution >= 4 is 33.3 Å². The van der Waals surface area contributed by atoms with Crippen LogP contribution in [-0.4, -0.2) is 34.4 Å². The number of halogens is 7. The van der Waals surface area contributed by atoms with Crippen LogP contribution in [-0.2, 0) is 15.7 Å². The van der Waals surface area contributed by atoms with Gasteiger partial charge < -0.3 is 10.5 Å². The van der Waals surface area contributed by atoms with E-state index in [2.05, 4.69) is 30.9 Å². The van der Waals surface area contributed by atoms with Crippen molar-refractivity contribution < 1.29 is 35.9 Å². The van der Waals surface area contributed by atoms with Crippen LogP contribution in [0.25, 0.3) is 0 Å². The summed E-state index contributed by atoms with van der Waals surface area (Å²) in [5, 5.41) is 0. The normalized spacial score (nSPS) is 14.2. The highest BCUT2D eigenvalue weighted by Crippen LogP contribution is 2.31. The first kappa shape index (κ1) is 25.3. The summed E-state index contributed by atoms with van der Waals surface area (Å²) in [7, 11) is 0. The third-order valence-electron chi connectivity index (χ3n) is 3.80. The molecule has 0 fully saturated rings. The summed E-state index contributed by atoms with van der Waals surface area (Å²) in [5.74, 6) is -2.90. The largest absolute Gasteiger partial charge is 0.465 e. The standard InChI is InChI=1S/C19H15BrF6N4O2/c1-2-32-17(31)15(16-28-8-11(20)9-29-16)13(7-14(27)19(24,25)26)30-12-5-3-10(4-6-12)18(21,22)23/h3-9,15H,2,27H2,1H3. The van der Waals surface area contributed by atoms with Gasteiger partial charge in [-0.1, -0.05) is 0 Å². The Hall–Kier alpha value is -2.96. The first-order chi connectivity index (χ1) is 14.8. The van der Waals surface area contributed by atoms with Crippen molar-refractivity contribution in [3.8, 4) is 0 Å². The summed E-state index contributed by atoms with van der Waals surface area (Å²) in [6, 6.07) is 3.27. The third kappa shape index (κ3) is 6.77. The maximum atomic E-state index is 13.1. The van der Waals surface area contributed by atoms with Crippen LogP contribution >= 0.6 is 15.9 Å². The molecule has 0 amide bonds. The van der Waals surface area contributed by atoms with Crippen molar-refractivity contribution in [2.24, 2.45) is 10.7 Å². The topological polar surface area (TPSA) is 90.5 Å². The number of hydrogen-bond acceptors (Lipinski definition) is 6. The Morgan fingerprint density at radius 1 is 1.16 bits per heavy atom. The average molecular weight is 525 g/mol. The smallest absolute Gasteiger partial charge is 0.430 e. The minimum absolute atomic E-state index is 0.113. The zero-order valence-corrected chi connectivity index (χ0v) is 17.8. The van der Waals surface area contributed by atoms with E-state index in [1.807, 2.05) is 0 Å². The molecule has 0 aliphatic rings. The lowest BCUT2D eigenvalue weighted by Crippen LogP contribution is -2.28. The zero-order chi connectivity index (χ0) is 24.1. The number of alkyl halides is 6. The molecule has 32 heavy (non-hydrogen) atoms. The van der Waals surface area contributed by atoms with Gasteiger partial charge in [0.25, 0.3) is 0 Å². The molecule has 0 aliphatic heterocycles. The van der Waals surface area contributed by atoms with E-state index >= 15 is 0 Å². The molecule has 1 unspecified atom stereocenters. The minimum Gasteiger partial charge on any atom is -0.465 e. The number of esters is 1. The van der Waals surface area contributed by atoms with Crippen LogP contribution in [0.5, 0.6) is 0 Å². The highest BCUT2D eigenvalue weighted by atomic mass is 79.9. The van der Waals surface area contributed by atoms with Gasteiger partial charge in [0.05, 0.1) is 28.0 Å². The number of carbonyl (C=O) groups excluding carboxylic acids is 1. The number of benzene rings is 1. The molecule has 172 valence electrons. The van der Waals surface area contributed by atoms with Crippen molar-refractivity contribution in [1.29, 1.82) is 0 Å². The third-order valence-corrected chi connectivity index (χ3v) is 4.21. The van der Waals surface area contributed by atoms with Gasteiger partial charge in [0.15, 0.2) is 5.92 Å². The molecule has 0 aliphatic carbocycles. The number of nitrogens with two attached hydrogens (primary N) is 1. The number of ether oxygens (including phenoxy) is 1. The molecule has 1 aromatic heterocycles. The predicted octanol–water partition coefficient (Wildman–Crippen LogP) is 5.08. The summed E-state index contributed by atoms with van der Waals surface area (Å²) in [6.07, 6.45) is -6.68. The van der Waals surface area contributed by atoms with Crippen LogP contribution in [0.3, 0.4) is 0 Å². The van der Waals surface area contributed by atoms with Gasteiger partial charge >= 0.3 is 18.3 Å². The van der Waals surface area contributed by atoms with Crippen LogP contribution in [0.2, 0.25) is 0 Å². The second-order valence-electron chi connectivity index (χ2n) is 6.12. The summed E-state index contributed by atoms with van der Waals surface area (Å²) in [4.78, 5) is 24.4. The van der Waals surface area contributed by atoms with E-state index in [-0.39, 0.29) is 18.1 Å². The number of allylic oxidation sites excluding steroid dienone is 2. The average Bonchev–Trinajstić information content (AvgIpc) is 2.69. The summed E-state index contributed by atoms with van der Waals surface area (Å²) in [6.45, 7) is 1.36. The van der Waals surface area contributed by atoms with Gasteiger partial charge in [-0.15, -0.1) is 0 Å². The maximum Gasteiger partial charge on any atom is 0.430 e. The molecule has 2 aromatic rings. The summed E-state index contributed by atoms with van der Waals surface area (Å²) >= 11 is 3.10. The first-order valence-electron chi connectivity index (χ1n) is 8.77. The van der Waals surface area contributed by atoms with Crippen molar-refractivity contribution in [3.05, 3.63) is 64.3 Å². The fraction of sp³-hybridized carbons (Fsp3) is 0.263. The molecule has 1 heterocycles. The van der Waals surface area contributed by atoms with E-state index in [1.165, 1.54) is 19.3 Å². The number of aromatic nitrogens is 2. The molecule has 0 saturated heterocycles. The van der Waals surface area contributed by atoms with Crippen LogP contribution < -0.4 is 5.73 Å². The van der Waals surface area contributed by atoms with Gasteiger partial charge in [0, 0.05) is 12.4 Å². The van der Waals surface area contributed by atoms with Crippen LogP contribution in [0.4, 0.5) is 32.0 Å². The highest BCUT2D eigenvalue weighted by molar-refractivity contribution is 9.10. The van der Waals surface area contributed by atoms with Crippen molar-refractivity contribution in [1.82, 2.24) is 9.97 Å². The Labute approximate surface area is 186 Å². The van der Waals surface area contributed by atoms with E-state index in [0.717, 1.165) is 12.1 Å². The van der Waals surface area contributed by atoms with Crippen LogP contribution in [0.15, 0.2) is 57.9 Å². The molecule has 6 nitrogen and oxygen atoms in total. The van der Waals surface area contributed by atoms with E-state index in [9.17, 15) is 31.1 Å². The van der Waals surface area contributed by atoms with Crippen LogP contribution in [0, 0.1) is 0 Å². The molecule has 0 radical (unpaired) electrons. The zero-order valence-electron chi connectivity index (χ0n) is 16.2. The summed E-state index contributed by atoms with van der Waals surface area (Å²) < 4.78 is 82.9. The Morgan fingerprint density at radius 3 is 2.19 bits per heavy atom. The second-order valence-corrected chi connectivity index (χ2v) is 7.04. The SMILES string of the molecule is CCOC(=O)C(C(C=C(N)C(F)(F)F)=Nc1ccc(C(F)(F)F)cc1)c1ncc(Br)cn1. The lowest BCUT2D eigenvalue weighted by molar-refractivity contribution is -0.143. The van der Waals surface area contributed by atoms with Gasteiger partial charge in [-0.05, 0) is 53.2 Å². The quantitative estimate of drug-likeness (QED) is 0.323. The van der Waals surface area contributed by atoms with E-state index in [0.29, 0.717) is 22.7 Å². The van der Waals surface area contributed by atoms with Crippen LogP contribution in [0.1, 0.15) is 24.2 Å². The molecule has 13 heteroatoms. The Balaban J connectivity index is 2.67. The predicted molar refractivity (Wildman–Crippen MR) is 106 cm³/mol. The fourth-order valence-electron chi connectivity index (χ4n) is 2.35. The van der Waals surface area contributed by atoms with Crippen molar-refractivity contribution in [3.63, 3.8) is 0 Å². The van der Waals surface area contributed by atoms with Crippen molar-refractivity contribution in [2.75, 3.05) is 6.61 Å². The Bertz CT molecular complexity index is 1000. The van der Waals surface area contributed by atoms with E-state index in [4.69, 9.17) is 10.5 Å². The van der Waals surface area contributed by atoms with Gasteiger partial charge in [-0.3, -0.25) is 9.79 Å². The lowest BCUT2D eigenvalue weighted by Gasteiger charge is -2.16. The molecule has 1 atom stereocenters. The van der Waals surface area contributed by atoms with Gasteiger partial charge in [0.2, 0.25) is 0 Å². The maximum absolute atomic E-state index is 13.1. The van der Waals surface area contributed by atoms with Gasteiger partial charge in [-0.2, -0.15) is 26.3 Å². The van der Waals surface area contributed by atoms with E-state index < -0.39 is 41.2 Å². The fourth-order valence-corrected chi connectivity index (χ4v) is 2.56. The van der Waals surface area contributed by atoms with E-state index in [1.54, 1.807) is 0 Å². The monoisotopic (exact) mass is 524 g/mol. The molecule has 2 rings (SSSR count). The number of aliphatic imine (C=N–C) groups is 1. The minimum atomic E-state index is -4.96. The molecule has 0 bridgehead atoms. The molecule has 1 aromatic carbocycles. The number of nitrogens with zero attached hydrogens (tertiary/aromatic N) is 3. The molecule has 0 saturated carbocycles. The second kappa shape index (κ2) is 10.1. The van der Waals surface area contributed by atoms with Gasteiger partial charge in [-0.25, -0.2) is 9.97 Å². The molecule has 0 spiro atoms. The number of hydrogen-bond donors (Lipinski definition) is 1. The Kier molecular flexibility index (Phi) is 7.99.